The Kier molecular flexibility index (Phi) is 6.43. The highest BCUT2D eigenvalue weighted by Crippen LogP contribution is 2.36. The molecule has 1 heterocycles. The predicted molar refractivity (Wildman–Crippen MR) is 106 cm³/mol. The molecule has 3 rings (SSSR count). The number of aryl methyl sites for hydroxylation is 1. The van der Waals surface area contributed by atoms with Crippen molar-refractivity contribution in [3.05, 3.63) is 51.9 Å². The Morgan fingerprint density at radius 3 is 2.77 bits per heavy atom. The van der Waals surface area contributed by atoms with E-state index in [9.17, 15) is 10.1 Å². The summed E-state index contributed by atoms with van der Waals surface area (Å²) in [5, 5.41) is 16.6. The molecule has 0 radical (unpaired) electrons. The summed E-state index contributed by atoms with van der Waals surface area (Å²) in [5.74, 6) is -0.0364. The van der Waals surface area contributed by atoms with Crippen LogP contribution in [0, 0.1) is 11.3 Å². The van der Waals surface area contributed by atoms with Crippen molar-refractivity contribution in [3.8, 4) is 6.07 Å². The van der Waals surface area contributed by atoms with Crippen molar-refractivity contribution in [3.63, 3.8) is 0 Å². The van der Waals surface area contributed by atoms with Gasteiger partial charge in [-0.25, -0.2) is 0 Å². The van der Waals surface area contributed by atoms with Crippen LogP contribution < -0.4 is 10.6 Å². The molecule has 26 heavy (non-hydrogen) atoms. The molecular formula is C21H25N3OS. The topological polar surface area (TPSA) is 64.9 Å². The van der Waals surface area contributed by atoms with Crippen molar-refractivity contribution in [2.24, 2.45) is 0 Å². The van der Waals surface area contributed by atoms with Gasteiger partial charge in [-0.2, -0.15) is 5.26 Å². The maximum absolute atomic E-state index is 12.3. The number of amides is 1. The maximum atomic E-state index is 12.3. The fourth-order valence-corrected chi connectivity index (χ4v) is 4.66. The fraction of sp³-hybridized carbons (Fsp3) is 0.429. The van der Waals surface area contributed by atoms with E-state index in [1.165, 1.54) is 28.8 Å². The van der Waals surface area contributed by atoms with Crippen LogP contribution in [-0.2, 0) is 17.6 Å². The molecule has 1 unspecified atom stereocenters. The Balaban J connectivity index is 1.55. The average Bonchev–Trinajstić information content (AvgIpc) is 2.81. The van der Waals surface area contributed by atoms with Gasteiger partial charge in [0.05, 0.1) is 5.56 Å². The maximum Gasteiger partial charge on any atom is 0.226 e. The molecule has 0 saturated heterocycles. The predicted octanol–water partition coefficient (Wildman–Crippen LogP) is 4.57. The third-order valence-electron chi connectivity index (χ3n) is 4.89. The van der Waals surface area contributed by atoms with E-state index in [0.29, 0.717) is 18.5 Å². The van der Waals surface area contributed by atoms with Crippen LogP contribution in [0.15, 0.2) is 30.3 Å². The number of benzene rings is 1. The minimum Gasteiger partial charge on any atom is -0.317 e. The smallest absolute Gasteiger partial charge is 0.226 e. The lowest BCUT2D eigenvalue weighted by Gasteiger charge is -2.13. The van der Waals surface area contributed by atoms with Gasteiger partial charge in [0.25, 0.3) is 0 Å². The Bertz CT molecular complexity index is 792. The Morgan fingerprint density at radius 2 is 2.00 bits per heavy atom. The number of hydrogen-bond donors (Lipinski definition) is 2. The van der Waals surface area contributed by atoms with Crippen LogP contribution >= 0.6 is 11.3 Å². The highest BCUT2D eigenvalue weighted by molar-refractivity contribution is 7.16. The van der Waals surface area contributed by atoms with E-state index in [1.54, 1.807) is 11.3 Å². The van der Waals surface area contributed by atoms with Crippen LogP contribution in [0.2, 0.25) is 0 Å². The van der Waals surface area contributed by atoms with Gasteiger partial charge in [-0.1, -0.05) is 36.8 Å². The van der Waals surface area contributed by atoms with Crippen molar-refractivity contribution in [2.75, 3.05) is 11.9 Å². The van der Waals surface area contributed by atoms with Gasteiger partial charge < -0.3 is 10.6 Å². The van der Waals surface area contributed by atoms with Gasteiger partial charge in [-0.3, -0.25) is 4.79 Å². The summed E-state index contributed by atoms with van der Waals surface area (Å²) in [7, 11) is 0. The molecule has 0 bridgehead atoms. The molecule has 1 aromatic carbocycles. The first-order chi connectivity index (χ1) is 12.7. The quantitative estimate of drug-likeness (QED) is 0.735. The first kappa shape index (κ1) is 18.6. The summed E-state index contributed by atoms with van der Waals surface area (Å²) in [5.41, 5.74) is 3.06. The monoisotopic (exact) mass is 367 g/mol. The highest BCUT2D eigenvalue weighted by Gasteiger charge is 2.20. The van der Waals surface area contributed by atoms with Crippen LogP contribution in [0.5, 0.6) is 0 Å². The molecule has 5 heteroatoms. The molecule has 136 valence electrons. The molecule has 0 spiro atoms. The normalized spacial score (nSPS) is 14.8. The van der Waals surface area contributed by atoms with Gasteiger partial charge >= 0.3 is 0 Å². The molecule has 1 aliphatic rings. The number of nitriles is 1. The number of thiophene rings is 1. The number of carbonyl (C=O) groups is 1. The summed E-state index contributed by atoms with van der Waals surface area (Å²) >= 11 is 1.59. The van der Waals surface area contributed by atoms with Gasteiger partial charge in [0, 0.05) is 23.9 Å². The lowest BCUT2D eigenvalue weighted by atomic mass is 10.1. The lowest BCUT2D eigenvalue weighted by molar-refractivity contribution is -0.116. The second kappa shape index (κ2) is 8.98. The van der Waals surface area contributed by atoms with Crippen LogP contribution in [-0.4, -0.2) is 12.5 Å². The first-order valence-corrected chi connectivity index (χ1v) is 10.1. The number of carbonyl (C=O) groups excluding carboxylic acids is 1. The second-order valence-corrected chi connectivity index (χ2v) is 7.87. The lowest BCUT2D eigenvalue weighted by Crippen LogP contribution is -2.24. The summed E-state index contributed by atoms with van der Waals surface area (Å²) in [4.78, 5) is 13.6. The zero-order valence-electron chi connectivity index (χ0n) is 15.2. The van der Waals surface area contributed by atoms with E-state index < -0.39 is 0 Å². The molecule has 2 N–H and O–H groups in total. The van der Waals surface area contributed by atoms with Crippen LogP contribution in [0.25, 0.3) is 0 Å². The zero-order valence-corrected chi connectivity index (χ0v) is 16.0. The Labute approximate surface area is 159 Å². The molecule has 1 atom stereocenters. The Morgan fingerprint density at radius 1 is 1.23 bits per heavy atom. The molecule has 4 nitrogen and oxygen atoms in total. The van der Waals surface area contributed by atoms with Crippen LogP contribution in [0.3, 0.4) is 0 Å². The van der Waals surface area contributed by atoms with Crippen molar-refractivity contribution in [1.29, 1.82) is 5.26 Å². The molecule has 0 saturated carbocycles. The van der Waals surface area contributed by atoms with Crippen LogP contribution in [0.4, 0.5) is 5.00 Å². The van der Waals surface area contributed by atoms with Crippen LogP contribution in [0.1, 0.15) is 60.2 Å². The van der Waals surface area contributed by atoms with Gasteiger partial charge in [-0.05, 0) is 43.7 Å². The third-order valence-corrected chi connectivity index (χ3v) is 6.10. The Hall–Kier alpha value is -2.16. The number of nitrogens with one attached hydrogen (secondary N) is 2. The molecule has 1 aliphatic carbocycles. The van der Waals surface area contributed by atoms with E-state index in [4.69, 9.17) is 0 Å². The van der Waals surface area contributed by atoms with E-state index >= 15 is 0 Å². The summed E-state index contributed by atoms with van der Waals surface area (Å²) in [6, 6.07) is 12.7. The SMILES string of the molecule is CC(NCCC(=O)Nc1sc2c(c1C#N)CCCCC2)c1ccccc1. The fourth-order valence-electron chi connectivity index (χ4n) is 3.40. The summed E-state index contributed by atoms with van der Waals surface area (Å²) in [6.07, 6.45) is 5.91. The molecule has 2 aromatic rings. The summed E-state index contributed by atoms with van der Waals surface area (Å²) in [6.45, 7) is 2.70. The number of hydrogen-bond acceptors (Lipinski definition) is 4. The molecule has 1 amide bonds. The van der Waals surface area contributed by atoms with Crippen molar-refractivity contribution < 1.29 is 4.79 Å². The average molecular weight is 368 g/mol. The second-order valence-electron chi connectivity index (χ2n) is 6.77. The minimum absolute atomic E-state index is 0.0364. The number of nitrogens with zero attached hydrogens (tertiary/aromatic N) is 1. The van der Waals surface area contributed by atoms with Gasteiger partial charge in [0.15, 0.2) is 0 Å². The highest BCUT2D eigenvalue weighted by atomic mass is 32.1. The van der Waals surface area contributed by atoms with Crippen molar-refractivity contribution in [2.45, 2.75) is 51.5 Å². The van der Waals surface area contributed by atoms with Gasteiger partial charge in [0.1, 0.15) is 11.1 Å². The van der Waals surface area contributed by atoms with Crippen molar-refractivity contribution >= 4 is 22.2 Å². The van der Waals surface area contributed by atoms with E-state index in [1.807, 2.05) is 18.2 Å². The number of anilines is 1. The molecular weight excluding hydrogens is 342 g/mol. The van der Waals surface area contributed by atoms with Gasteiger partial charge in [0.2, 0.25) is 5.91 Å². The number of fused-ring (bicyclic) bond motifs is 1. The molecule has 0 aliphatic heterocycles. The van der Waals surface area contributed by atoms with Gasteiger partial charge in [-0.15, -0.1) is 11.3 Å². The van der Waals surface area contributed by atoms with E-state index in [2.05, 4.69) is 35.8 Å². The summed E-state index contributed by atoms with van der Waals surface area (Å²) < 4.78 is 0. The standard InChI is InChI=1S/C21H25N3OS/c1-15(16-8-4-2-5-9-16)23-13-12-20(25)24-21-18(14-22)17-10-6-3-7-11-19(17)26-21/h2,4-5,8-9,15,23H,3,6-7,10-13H2,1H3,(H,24,25). The first-order valence-electron chi connectivity index (χ1n) is 9.32. The largest absolute Gasteiger partial charge is 0.317 e. The molecule has 1 aromatic heterocycles. The minimum atomic E-state index is -0.0364. The third kappa shape index (κ3) is 4.51. The van der Waals surface area contributed by atoms with E-state index in [-0.39, 0.29) is 11.9 Å². The molecule has 0 fully saturated rings. The zero-order chi connectivity index (χ0) is 18.4. The van der Waals surface area contributed by atoms with E-state index in [0.717, 1.165) is 24.3 Å². The van der Waals surface area contributed by atoms with Crippen molar-refractivity contribution in [1.82, 2.24) is 5.32 Å². The number of rotatable bonds is 6.